The van der Waals surface area contributed by atoms with Gasteiger partial charge in [-0.1, -0.05) is 30.3 Å². The molecule has 0 spiro atoms. The molecular formula is C25H26N4O2. The van der Waals surface area contributed by atoms with Crippen LogP contribution in [-0.2, 0) is 5.41 Å². The van der Waals surface area contributed by atoms with Crippen LogP contribution < -0.4 is 5.43 Å². The minimum absolute atomic E-state index is 0.127. The van der Waals surface area contributed by atoms with Crippen LogP contribution in [0.3, 0.4) is 0 Å². The van der Waals surface area contributed by atoms with Crippen molar-refractivity contribution in [1.29, 1.82) is 0 Å². The third-order valence-corrected chi connectivity index (χ3v) is 7.71. The number of nitrogens with one attached hydrogen (secondary N) is 2. The molecule has 0 saturated heterocycles. The van der Waals surface area contributed by atoms with Crippen LogP contribution in [-0.4, -0.2) is 27.4 Å². The van der Waals surface area contributed by atoms with Crippen molar-refractivity contribution < 1.29 is 9.90 Å². The molecule has 0 aliphatic heterocycles. The summed E-state index contributed by atoms with van der Waals surface area (Å²) < 4.78 is 0. The fraction of sp³-hybridized carbons (Fsp3) is 0.400. The Hall–Kier alpha value is -3.15. The van der Waals surface area contributed by atoms with Crippen molar-refractivity contribution in [3.63, 3.8) is 0 Å². The van der Waals surface area contributed by atoms with Gasteiger partial charge in [0.25, 0.3) is 5.91 Å². The summed E-state index contributed by atoms with van der Waals surface area (Å²) in [5.41, 5.74) is 4.79. The number of carbonyl (C=O) groups excluding carboxylic acids is 1. The fourth-order valence-electron chi connectivity index (χ4n) is 6.77. The van der Waals surface area contributed by atoms with Gasteiger partial charge in [-0.05, 0) is 79.2 Å². The number of rotatable bonds is 4. The summed E-state index contributed by atoms with van der Waals surface area (Å²) >= 11 is 0. The normalized spacial score (nSPS) is 29.1. The molecule has 4 bridgehead atoms. The second-order valence-corrected chi connectivity index (χ2v) is 9.78. The molecule has 31 heavy (non-hydrogen) atoms. The average molecular weight is 415 g/mol. The van der Waals surface area contributed by atoms with E-state index < -0.39 is 0 Å². The molecule has 6 nitrogen and oxygen atoms in total. The summed E-state index contributed by atoms with van der Waals surface area (Å²) in [4.78, 5) is 12.7. The molecule has 4 saturated carbocycles. The summed E-state index contributed by atoms with van der Waals surface area (Å²) in [5, 5.41) is 23.7. The quantitative estimate of drug-likeness (QED) is 0.434. The molecule has 4 fully saturated rings. The third-order valence-electron chi connectivity index (χ3n) is 7.71. The van der Waals surface area contributed by atoms with Gasteiger partial charge in [0.1, 0.15) is 11.4 Å². The number of H-pyrrole nitrogens is 1. The predicted molar refractivity (Wildman–Crippen MR) is 119 cm³/mol. The van der Waals surface area contributed by atoms with Gasteiger partial charge in [-0.3, -0.25) is 9.89 Å². The van der Waals surface area contributed by atoms with Gasteiger partial charge in [0.2, 0.25) is 0 Å². The number of carbonyl (C=O) groups is 1. The maximum absolute atomic E-state index is 12.7. The summed E-state index contributed by atoms with van der Waals surface area (Å²) in [5.74, 6) is 2.30. The number of amides is 1. The zero-order valence-electron chi connectivity index (χ0n) is 17.3. The molecule has 6 heteroatoms. The van der Waals surface area contributed by atoms with Crippen molar-refractivity contribution in [3.8, 4) is 5.75 Å². The number of aromatic nitrogens is 2. The van der Waals surface area contributed by atoms with Crippen molar-refractivity contribution in [2.45, 2.75) is 43.9 Å². The number of aromatic amines is 1. The maximum Gasteiger partial charge on any atom is 0.289 e. The molecule has 7 rings (SSSR count). The van der Waals surface area contributed by atoms with Gasteiger partial charge in [-0.2, -0.15) is 10.2 Å². The molecule has 1 amide bonds. The van der Waals surface area contributed by atoms with E-state index in [-0.39, 0.29) is 17.1 Å². The van der Waals surface area contributed by atoms with Gasteiger partial charge in [0, 0.05) is 11.0 Å². The minimum Gasteiger partial charge on any atom is -0.507 e. The van der Waals surface area contributed by atoms with Crippen molar-refractivity contribution in [1.82, 2.24) is 15.6 Å². The minimum atomic E-state index is -0.320. The molecular weight excluding hydrogens is 388 g/mol. The van der Waals surface area contributed by atoms with Gasteiger partial charge in [0.05, 0.1) is 11.9 Å². The van der Waals surface area contributed by atoms with Crippen molar-refractivity contribution in [2.24, 2.45) is 22.9 Å². The van der Waals surface area contributed by atoms with Gasteiger partial charge in [-0.15, -0.1) is 0 Å². The van der Waals surface area contributed by atoms with E-state index in [2.05, 4.69) is 20.7 Å². The smallest absolute Gasteiger partial charge is 0.289 e. The summed E-state index contributed by atoms with van der Waals surface area (Å²) in [6, 6.07) is 13.2. The number of hydrazone groups is 1. The molecule has 158 valence electrons. The first-order valence-electron chi connectivity index (χ1n) is 11.2. The van der Waals surface area contributed by atoms with Crippen LogP contribution in [0, 0.1) is 17.8 Å². The largest absolute Gasteiger partial charge is 0.507 e. The Bertz CT molecular complexity index is 1160. The molecule has 4 aliphatic rings. The lowest BCUT2D eigenvalue weighted by molar-refractivity contribution is -0.00721. The molecule has 0 unspecified atom stereocenters. The van der Waals surface area contributed by atoms with Crippen LogP contribution in [0.2, 0.25) is 0 Å². The summed E-state index contributed by atoms with van der Waals surface area (Å²) in [6.07, 6.45) is 9.27. The highest BCUT2D eigenvalue weighted by Gasteiger charge is 2.52. The lowest BCUT2D eigenvalue weighted by atomic mass is 9.49. The SMILES string of the molecule is O=C(N/N=C/c1c(O)ccc2ccccc12)c1cc(C23CC4CC(CC(C4)C2)C3)n[nH]1. The number of hydrogen-bond acceptors (Lipinski definition) is 4. The number of aromatic hydroxyl groups is 1. The van der Waals surface area contributed by atoms with Crippen molar-refractivity contribution in [2.75, 3.05) is 0 Å². The van der Waals surface area contributed by atoms with Crippen LogP contribution in [0.4, 0.5) is 0 Å². The van der Waals surface area contributed by atoms with Crippen LogP contribution in [0.5, 0.6) is 5.75 Å². The highest BCUT2D eigenvalue weighted by atomic mass is 16.3. The van der Waals surface area contributed by atoms with E-state index >= 15 is 0 Å². The molecule has 1 heterocycles. The maximum atomic E-state index is 12.7. The van der Waals surface area contributed by atoms with Crippen LogP contribution in [0.1, 0.15) is 60.3 Å². The highest BCUT2D eigenvalue weighted by molar-refractivity contribution is 6.03. The van der Waals surface area contributed by atoms with Gasteiger partial charge in [-0.25, -0.2) is 5.43 Å². The molecule has 4 aliphatic carbocycles. The molecule has 0 radical (unpaired) electrons. The van der Waals surface area contributed by atoms with E-state index in [4.69, 9.17) is 0 Å². The lowest BCUT2D eigenvalue weighted by Gasteiger charge is -2.56. The molecule has 3 aromatic rings. The van der Waals surface area contributed by atoms with E-state index in [0.29, 0.717) is 11.3 Å². The Morgan fingerprint density at radius 2 is 1.81 bits per heavy atom. The van der Waals surface area contributed by atoms with Crippen LogP contribution in [0.15, 0.2) is 47.6 Å². The number of hydrogen-bond donors (Lipinski definition) is 3. The standard InChI is InChI=1S/C25H26N4O2/c30-22-6-5-18-3-1-2-4-19(18)20(22)14-26-29-24(31)21-10-23(28-27-21)25-11-15-7-16(12-25)9-17(8-15)13-25/h1-6,10,14-17,30H,7-9,11-13H2,(H,27,28)(H,29,31)/b26-14+. The number of phenolic OH excluding ortho intramolecular Hbond substituents is 1. The number of benzene rings is 2. The van der Waals surface area contributed by atoms with Gasteiger partial charge in [0.15, 0.2) is 0 Å². The first-order chi connectivity index (χ1) is 15.1. The number of nitrogens with zero attached hydrogens (tertiary/aromatic N) is 2. The Morgan fingerprint density at radius 1 is 1.10 bits per heavy atom. The van der Waals surface area contributed by atoms with Gasteiger partial charge >= 0.3 is 0 Å². The van der Waals surface area contributed by atoms with Gasteiger partial charge < -0.3 is 5.11 Å². The zero-order valence-corrected chi connectivity index (χ0v) is 17.3. The van der Waals surface area contributed by atoms with E-state index in [1.165, 1.54) is 44.7 Å². The van der Waals surface area contributed by atoms with Crippen molar-refractivity contribution >= 4 is 22.9 Å². The Balaban J connectivity index is 1.20. The van der Waals surface area contributed by atoms with Crippen LogP contribution >= 0.6 is 0 Å². The monoisotopic (exact) mass is 414 g/mol. The Labute approximate surface area is 180 Å². The van der Waals surface area contributed by atoms with E-state index in [9.17, 15) is 9.90 Å². The average Bonchev–Trinajstić information content (AvgIpc) is 3.26. The van der Waals surface area contributed by atoms with E-state index in [1.807, 2.05) is 36.4 Å². The second kappa shape index (κ2) is 6.94. The Morgan fingerprint density at radius 3 is 2.55 bits per heavy atom. The first kappa shape index (κ1) is 18.6. The summed E-state index contributed by atoms with van der Waals surface area (Å²) in [6.45, 7) is 0. The lowest BCUT2D eigenvalue weighted by Crippen LogP contribution is -2.48. The fourth-order valence-corrected chi connectivity index (χ4v) is 6.77. The number of fused-ring (bicyclic) bond motifs is 1. The molecule has 0 atom stereocenters. The number of phenols is 1. The predicted octanol–water partition coefficient (Wildman–Crippen LogP) is 4.50. The second-order valence-electron chi connectivity index (χ2n) is 9.78. The molecule has 1 aromatic heterocycles. The molecule has 2 aromatic carbocycles. The van der Waals surface area contributed by atoms with E-state index in [0.717, 1.165) is 34.2 Å². The third kappa shape index (κ3) is 3.12. The van der Waals surface area contributed by atoms with Crippen LogP contribution in [0.25, 0.3) is 10.8 Å². The summed E-state index contributed by atoms with van der Waals surface area (Å²) in [7, 11) is 0. The highest BCUT2D eigenvalue weighted by Crippen LogP contribution is 2.60. The van der Waals surface area contributed by atoms with E-state index in [1.54, 1.807) is 6.07 Å². The Kier molecular flexibility index (Phi) is 4.16. The zero-order chi connectivity index (χ0) is 21.0. The first-order valence-corrected chi connectivity index (χ1v) is 11.2. The van der Waals surface area contributed by atoms with Crippen molar-refractivity contribution in [3.05, 3.63) is 59.4 Å². The molecule has 3 N–H and O–H groups in total. The topological polar surface area (TPSA) is 90.4 Å².